The molecule has 4 aromatic rings. The maximum absolute atomic E-state index is 14.3. The molecule has 0 saturated heterocycles. The maximum atomic E-state index is 14.3. The zero-order valence-electron chi connectivity index (χ0n) is 15.4. The Morgan fingerprint density at radius 3 is 2.55 bits per heavy atom. The molecule has 148 valence electrons. The summed E-state index contributed by atoms with van der Waals surface area (Å²) < 4.78 is 48.7. The third-order valence-corrected chi connectivity index (χ3v) is 5.49. The summed E-state index contributed by atoms with van der Waals surface area (Å²) in [4.78, 5) is 4.04. The van der Waals surface area contributed by atoms with E-state index in [0.29, 0.717) is 23.2 Å². The van der Waals surface area contributed by atoms with Gasteiger partial charge in [0.25, 0.3) is 0 Å². The van der Waals surface area contributed by atoms with Crippen LogP contribution in [0.15, 0.2) is 41.3 Å². The lowest BCUT2D eigenvalue weighted by Crippen LogP contribution is -2.08. The second kappa shape index (κ2) is 7.02. The van der Waals surface area contributed by atoms with E-state index in [1.54, 1.807) is 12.1 Å². The van der Waals surface area contributed by atoms with E-state index in [4.69, 9.17) is 4.42 Å². The molecule has 5 nitrogen and oxygen atoms in total. The molecule has 3 heterocycles. The van der Waals surface area contributed by atoms with Gasteiger partial charge in [0.1, 0.15) is 17.3 Å². The van der Waals surface area contributed by atoms with E-state index in [1.165, 1.54) is 19.3 Å². The Morgan fingerprint density at radius 1 is 0.931 bits per heavy atom. The first-order chi connectivity index (χ1) is 14.1. The van der Waals surface area contributed by atoms with Gasteiger partial charge in [-0.15, -0.1) is 10.2 Å². The smallest absolute Gasteiger partial charge is 0.182 e. The number of rotatable bonds is 3. The predicted octanol–water partition coefficient (Wildman–Crippen LogP) is 5.52. The Morgan fingerprint density at radius 2 is 1.72 bits per heavy atom. The number of hydrogen-bond acceptors (Lipinski definition) is 4. The van der Waals surface area contributed by atoms with E-state index in [9.17, 15) is 13.2 Å². The summed E-state index contributed by atoms with van der Waals surface area (Å²) in [6.07, 6.45) is 8.68. The molecule has 0 unspecified atom stereocenters. The van der Waals surface area contributed by atoms with Gasteiger partial charge in [0.15, 0.2) is 29.4 Å². The molecule has 0 spiro atoms. The SMILES string of the molecule is Fc1cc(F)c(-c2ncoc2-c2ccc3nnc(C4CCCCC4)n3c2)cc1F. The standard InChI is InChI=1S/C21H17F3N4O/c22-15-9-17(24)16(23)8-14(15)19-20(29-11-25-19)13-6-7-18-26-27-21(28(18)10-13)12-4-2-1-3-5-12/h6-12H,1-5H2. The van der Waals surface area contributed by atoms with E-state index >= 15 is 0 Å². The number of halogens is 3. The van der Waals surface area contributed by atoms with Crippen LogP contribution in [-0.4, -0.2) is 19.6 Å². The first kappa shape index (κ1) is 17.9. The van der Waals surface area contributed by atoms with Gasteiger partial charge in [-0.05, 0) is 31.0 Å². The van der Waals surface area contributed by atoms with Crippen molar-refractivity contribution >= 4 is 5.65 Å². The van der Waals surface area contributed by atoms with Gasteiger partial charge in [-0.3, -0.25) is 4.40 Å². The van der Waals surface area contributed by atoms with Crippen molar-refractivity contribution in [3.8, 4) is 22.6 Å². The van der Waals surface area contributed by atoms with Crippen molar-refractivity contribution in [2.75, 3.05) is 0 Å². The molecule has 5 rings (SSSR count). The molecule has 29 heavy (non-hydrogen) atoms. The quantitative estimate of drug-likeness (QED) is 0.427. The summed E-state index contributed by atoms with van der Waals surface area (Å²) >= 11 is 0. The van der Waals surface area contributed by atoms with Crippen LogP contribution in [0.25, 0.3) is 28.2 Å². The lowest BCUT2D eigenvalue weighted by Gasteiger charge is -2.19. The molecule has 1 fully saturated rings. The normalized spacial score (nSPS) is 15.3. The molecule has 3 aromatic heterocycles. The fourth-order valence-electron chi connectivity index (χ4n) is 4.03. The van der Waals surface area contributed by atoms with Gasteiger partial charge in [0, 0.05) is 29.3 Å². The first-order valence-electron chi connectivity index (χ1n) is 9.55. The van der Waals surface area contributed by atoms with Crippen LogP contribution in [0, 0.1) is 17.5 Å². The highest BCUT2D eigenvalue weighted by Crippen LogP contribution is 2.35. The van der Waals surface area contributed by atoms with Gasteiger partial charge in [-0.25, -0.2) is 18.2 Å². The van der Waals surface area contributed by atoms with Gasteiger partial charge in [0.05, 0.1) is 0 Å². The molecule has 1 aliphatic rings. The third kappa shape index (κ3) is 3.08. The van der Waals surface area contributed by atoms with Gasteiger partial charge in [0.2, 0.25) is 0 Å². The lowest BCUT2D eigenvalue weighted by molar-refractivity contribution is 0.426. The highest BCUT2D eigenvalue weighted by molar-refractivity contribution is 5.77. The van der Waals surface area contributed by atoms with Gasteiger partial charge >= 0.3 is 0 Å². The van der Waals surface area contributed by atoms with Crippen LogP contribution in [0.1, 0.15) is 43.8 Å². The van der Waals surface area contributed by atoms with E-state index in [0.717, 1.165) is 31.1 Å². The summed E-state index contributed by atoms with van der Waals surface area (Å²) in [7, 11) is 0. The van der Waals surface area contributed by atoms with Crippen LogP contribution >= 0.6 is 0 Å². The van der Waals surface area contributed by atoms with Crippen molar-refractivity contribution in [2.45, 2.75) is 38.0 Å². The summed E-state index contributed by atoms with van der Waals surface area (Å²) in [5.74, 6) is -1.82. The molecule has 1 aliphatic carbocycles. The molecule has 0 bridgehead atoms. The van der Waals surface area contributed by atoms with Crippen LogP contribution in [0.4, 0.5) is 13.2 Å². The van der Waals surface area contributed by atoms with Crippen LogP contribution < -0.4 is 0 Å². The first-order valence-corrected chi connectivity index (χ1v) is 9.55. The minimum atomic E-state index is -1.25. The largest absolute Gasteiger partial charge is 0.443 e. The molecule has 1 aromatic carbocycles. The Hall–Kier alpha value is -3.16. The Balaban J connectivity index is 1.61. The molecule has 0 aliphatic heterocycles. The minimum Gasteiger partial charge on any atom is -0.443 e. The maximum Gasteiger partial charge on any atom is 0.182 e. The molecule has 8 heteroatoms. The summed E-state index contributed by atoms with van der Waals surface area (Å²) in [6.45, 7) is 0. The second-order valence-corrected chi connectivity index (χ2v) is 7.32. The Bertz CT molecular complexity index is 1190. The zero-order chi connectivity index (χ0) is 20.0. The monoisotopic (exact) mass is 398 g/mol. The lowest BCUT2D eigenvalue weighted by atomic mass is 9.89. The number of oxazole rings is 1. The molecule has 0 N–H and O–H groups in total. The highest BCUT2D eigenvalue weighted by Gasteiger charge is 2.23. The van der Waals surface area contributed by atoms with Crippen LogP contribution in [0.5, 0.6) is 0 Å². The number of hydrogen-bond donors (Lipinski definition) is 0. The average molecular weight is 398 g/mol. The second-order valence-electron chi connectivity index (χ2n) is 7.32. The van der Waals surface area contributed by atoms with Crippen molar-refractivity contribution in [3.63, 3.8) is 0 Å². The molecule has 0 amide bonds. The Kier molecular flexibility index (Phi) is 4.34. The van der Waals surface area contributed by atoms with Gasteiger partial charge < -0.3 is 4.42 Å². The van der Waals surface area contributed by atoms with Crippen LogP contribution in [-0.2, 0) is 0 Å². The summed E-state index contributed by atoms with van der Waals surface area (Å²) in [6, 6.07) is 4.85. The van der Waals surface area contributed by atoms with Crippen LogP contribution in [0.3, 0.4) is 0 Å². The van der Waals surface area contributed by atoms with Crippen molar-refractivity contribution in [3.05, 3.63) is 60.1 Å². The fourth-order valence-corrected chi connectivity index (χ4v) is 4.03. The fraction of sp³-hybridized carbons (Fsp3) is 0.286. The molecule has 0 radical (unpaired) electrons. The van der Waals surface area contributed by atoms with E-state index < -0.39 is 17.5 Å². The van der Waals surface area contributed by atoms with Gasteiger partial charge in [-0.2, -0.15) is 0 Å². The zero-order valence-corrected chi connectivity index (χ0v) is 15.4. The van der Waals surface area contributed by atoms with Crippen molar-refractivity contribution < 1.29 is 17.6 Å². The third-order valence-electron chi connectivity index (χ3n) is 5.49. The molecular formula is C21H17F3N4O. The molecular weight excluding hydrogens is 381 g/mol. The van der Waals surface area contributed by atoms with Crippen molar-refractivity contribution in [1.82, 2.24) is 19.6 Å². The molecule has 0 atom stereocenters. The van der Waals surface area contributed by atoms with E-state index in [1.807, 2.05) is 10.6 Å². The number of nitrogens with zero attached hydrogens (tertiary/aromatic N) is 4. The average Bonchev–Trinajstić information content (AvgIpc) is 3.38. The number of fused-ring (bicyclic) bond motifs is 1. The van der Waals surface area contributed by atoms with Crippen LogP contribution in [0.2, 0.25) is 0 Å². The number of aromatic nitrogens is 4. The Labute approximate surface area is 164 Å². The number of pyridine rings is 1. The minimum absolute atomic E-state index is 0.105. The van der Waals surface area contributed by atoms with E-state index in [-0.39, 0.29) is 17.0 Å². The topological polar surface area (TPSA) is 56.2 Å². The van der Waals surface area contributed by atoms with Crippen molar-refractivity contribution in [2.24, 2.45) is 0 Å². The highest BCUT2D eigenvalue weighted by atomic mass is 19.2. The van der Waals surface area contributed by atoms with Crippen molar-refractivity contribution in [1.29, 1.82) is 0 Å². The van der Waals surface area contributed by atoms with Gasteiger partial charge in [-0.1, -0.05) is 19.3 Å². The number of benzene rings is 1. The summed E-state index contributed by atoms with van der Waals surface area (Å²) in [5.41, 5.74) is 1.26. The molecule has 1 saturated carbocycles. The predicted molar refractivity (Wildman–Crippen MR) is 99.6 cm³/mol. The van der Waals surface area contributed by atoms with E-state index in [2.05, 4.69) is 15.2 Å². The summed E-state index contributed by atoms with van der Waals surface area (Å²) in [5, 5.41) is 8.62.